The van der Waals surface area contributed by atoms with Crippen LogP contribution in [0.2, 0.25) is 0 Å². The summed E-state index contributed by atoms with van der Waals surface area (Å²) in [6.45, 7) is 5.12. The first-order valence-electron chi connectivity index (χ1n) is 10.5. The molecule has 0 saturated heterocycles. The van der Waals surface area contributed by atoms with Gasteiger partial charge in [-0.15, -0.1) is 11.8 Å². The number of aromatic nitrogens is 2. The summed E-state index contributed by atoms with van der Waals surface area (Å²) in [5, 5.41) is 13.5. The van der Waals surface area contributed by atoms with Crippen LogP contribution in [0.15, 0.2) is 86.8 Å². The fourth-order valence-electron chi connectivity index (χ4n) is 3.27. The van der Waals surface area contributed by atoms with E-state index in [4.69, 9.17) is 8.94 Å². The van der Waals surface area contributed by atoms with Gasteiger partial charge >= 0.3 is 5.97 Å². The lowest BCUT2D eigenvalue weighted by Gasteiger charge is -2.21. The van der Waals surface area contributed by atoms with E-state index in [0.29, 0.717) is 31.3 Å². The standard InChI is InChI=1S/C25H25N3O4S/c1-25(2,24(29)30)33-21-12-10-18(11-13-21)15-28(16-20-9-6-14-31-20)17-22-26-23(32-27-22)19-7-4-3-5-8-19/h3-14H,15-17H2,1-2H3,(H,29,30). The summed E-state index contributed by atoms with van der Waals surface area (Å²) < 4.78 is 10.1. The first-order valence-corrected chi connectivity index (χ1v) is 11.3. The van der Waals surface area contributed by atoms with Crippen molar-refractivity contribution < 1.29 is 18.8 Å². The Morgan fingerprint density at radius 1 is 1.00 bits per heavy atom. The Morgan fingerprint density at radius 3 is 2.42 bits per heavy atom. The Bertz CT molecular complexity index is 1170. The van der Waals surface area contributed by atoms with Gasteiger partial charge in [-0.1, -0.05) is 35.5 Å². The number of carbonyl (C=O) groups is 1. The highest BCUT2D eigenvalue weighted by atomic mass is 32.2. The molecule has 0 spiro atoms. The highest BCUT2D eigenvalue weighted by molar-refractivity contribution is 8.01. The second-order valence-electron chi connectivity index (χ2n) is 8.17. The van der Waals surface area contributed by atoms with Gasteiger partial charge in [0.05, 0.1) is 19.4 Å². The molecular formula is C25H25N3O4S. The Morgan fingerprint density at radius 2 is 1.76 bits per heavy atom. The number of nitrogens with zero attached hydrogens (tertiary/aromatic N) is 3. The molecule has 0 aliphatic rings. The summed E-state index contributed by atoms with van der Waals surface area (Å²) in [5.41, 5.74) is 1.97. The van der Waals surface area contributed by atoms with Crippen molar-refractivity contribution in [2.24, 2.45) is 0 Å². The largest absolute Gasteiger partial charge is 0.480 e. The molecule has 4 aromatic rings. The van der Waals surface area contributed by atoms with Gasteiger partial charge in [0.25, 0.3) is 5.89 Å². The number of aliphatic carboxylic acids is 1. The van der Waals surface area contributed by atoms with Crippen molar-refractivity contribution in [3.05, 3.63) is 90.1 Å². The minimum atomic E-state index is -0.887. The number of furan rings is 1. The van der Waals surface area contributed by atoms with Crippen LogP contribution in [0.1, 0.15) is 31.0 Å². The molecule has 0 unspecified atom stereocenters. The van der Waals surface area contributed by atoms with Crippen LogP contribution < -0.4 is 0 Å². The smallest absolute Gasteiger partial charge is 0.319 e. The van der Waals surface area contributed by atoms with Crippen LogP contribution in [0.25, 0.3) is 11.5 Å². The molecule has 0 fully saturated rings. The number of rotatable bonds is 10. The van der Waals surface area contributed by atoms with Crippen LogP contribution in [0.5, 0.6) is 0 Å². The van der Waals surface area contributed by atoms with Crippen LogP contribution in [0.3, 0.4) is 0 Å². The predicted octanol–water partition coefficient (Wildman–Crippen LogP) is 5.49. The summed E-state index contributed by atoms with van der Waals surface area (Å²) in [5.74, 6) is 1.09. The average Bonchev–Trinajstić information content (AvgIpc) is 3.48. The SMILES string of the molecule is CC(C)(Sc1ccc(CN(Cc2noc(-c3ccccc3)n2)Cc2ccco2)cc1)C(=O)O. The maximum Gasteiger partial charge on any atom is 0.319 e. The van der Waals surface area contributed by atoms with Gasteiger partial charge in [-0.25, -0.2) is 0 Å². The van der Waals surface area contributed by atoms with Crippen molar-refractivity contribution in [1.29, 1.82) is 0 Å². The van der Waals surface area contributed by atoms with E-state index in [1.54, 1.807) is 20.1 Å². The van der Waals surface area contributed by atoms with Crippen molar-refractivity contribution >= 4 is 17.7 Å². The highest BCUT2D eigenvalue weighted by Crippen LogP contribution is 2.32. The van der Waals surface area contributed by atoms with Crippen molar-refractivity contribution in [3.63, 3.8) is 0 Å². The van der Waals surface area contributed by atoms with E-state index in [2.05, 4.69) is 15.0 Å². The van der Waals surface area contributed by atoms with Gasteiger partial charge in [-0.3, -0.25) is 9.69 Å². The first kappa shape index (κ1) is 22.8. The van der Waals surface area contributed by atoms with Crippen molar-refractivity contribution in [3.8, 4) is 11.5 Å². The molecule has 0 amide bonds. The molecule has 2 heterocycles. The van der Waals surface area contributed by atoms with E-state index >= 15 is 0 Å². The molecule has 0 aliphatic carbocycles. The monoisotopic (exact) mass is 463 g/mol. The zero-order chi connectivity index (χ0) is 23.3. The molecule has 33 heavy (non-hydrogen) atoms. The summed E-state index contributed by atoms with van der Waals surface area (Å²) in [7, 11) is 0. The van der Waals surface area contributed by atoms with Crippen LogP contribution in [-0.2, 0) is 24.4 Å². The maximum atomic E-state index is 11.4. The molecule has 8 heteroatoms. The summed E-state index contributed by atoms with van der Waals surface area (Å²) in [6, 6.07) is 21.4. The van der Waals surface area contributed by atoms with E-state index in [-0.39, 0.29) is 0 Å². The molecule has 2 aromatic carbocycles. The molecule has 0 atom stereocenters. The van der Waals surface area contributed by atoms with E-state index in [0.717, 1.165) is 21.8 Å². The highest BCUT2D eigenvalue weighted by Gasteiger charge is 2.28. The lowest BCUT2D eigenvalue weighted by Crippen LogP contribution is -2.26. The van der Waals surface area contributed by atoms with Crippen molar-refractivity contribution in [2.45, 2.75) is 43.1 Å². The van der Waals surface area contributed by atoms with Gasteiger partial charge in [0.1, 0.15) is 10.5 Å². The number of benzene rings is 2. The molecule has 0 aliphatic heterocycles. The fraction of sp³-hybridized carbons (Fsp3) is 0.240. The molecule has 4 rings (SSSR count). The minimum Gasteiger partial charge on any atom is -0.480 e. The van der Waals surface area contributed by atoms with Gasteiger partial charge in [-0.05, 0) is 55.8 Å². The van der Waals surface area contributed by atoms with Gasteiger partial charge in [-0.2, -0.15) is 4.98 Å². The molecule has 2 aromatic heterocycles. The van der Waals surface area contributed by atoms with Gasteiger partial charge < -0.3 is 14.0 Å². The van der Waals surface area contributed by atoms with Gasteiger partial charge in [0, 0.05) is 17.0 Å². The van der Waals surface area contributed by atoms with Crippen LogP contribution in [-0.4, -0.2) is 30.9 Å². The summed E-state index contributed by atoms with van der Waals surface area (Å²) in [6.07, 6.45) is 1.66. The number of thioether (sulfide) groups is 1. The zero-order valence-corrected chi connectivity index (χ0v) is 19.3. The third kappa shape index (κ3) is 6.12. The Labute approximate surface area is 196 Å². The van der Waals surface area contributed by atoms with Crippen molar-refractivity contribution in [2.75, 3.05) is 0 Å². The number of hydrogen-bond acceptors (Lipinski definition) is 7. The average molecular weight is 464 g/mol. The molecule has 1 N–H and O–H groups in total. The van der Waals surface area contributed by atoms with E-state index in [1.807, 2.05) is 66.7 Å². The zero-order valence-electron chi connectivity index (χ0n) is 18.5. The minimum absolute atomic E-state index is 0.486. The molecular weight excluding hydrogens is 438 g/mol. The fourth-order valence-corrected chi connectivity index (χ4v) is 4.21. The first-order chi connectivity index (χ1) is 15.9. The second-order valence-corrected chi connectivity index (χ2v) is 9.86. The Kier molecular flexibility index (Phi) is 6.96. The van der Waals surface area contributed by atoms with Crippen LogP contribution >= 0.6 is 11.8 Å². The van der Waals surface area contributed by atoms with E-state index < -0.39 is 10.7 Å². The quantitative estimate of drug-likeness (QED) is 0.309. The number of carboxylic acid groups (broad SMARTS) is 1. The third-order valence-corrected chi connectivity index (χ3v) is 6.22. The maximum absolute atomic E-state index is 11.4. The molecule has 0 saturated carbocycles. The Balaban J connectivity index is 1.47. The summed E-state index contributed by atoms with van der Waals surface area (Å²) >= 11 is 1.33. The van der Waals surface area contributed by atoms with E-state index in [1.165, 1.54) is 11.8 Å². The topological polar surface area (TPSA) is 92.6 Å². The summed E-state index contributed by atoms with van der Waals surface area (Å²) in [4.78, 5) is 19.0. The van der Waals surface area contributed by atoms with E-state index in [9.17, 15) is 9.90 Å². The second kappa shape index (κ2) is 10.1. The third-order valence-electron chi connectivity index (χ3n) is 5.03. The van der Waals surface area contributed by atoms with Gasteiger partial charge in [0.2, 0.25) is 0 Å². The number of carboxylic acids is 1. The number of hydrogen-bond donors (Lipinski definition) is 1. The predicted molar refractivity (Wildman–Crippen MR) is 125 cm³/mol. The van der Waals surface area contributed by atoms with Gasteiger partial charge in [0.15, 0.2) is 5.82 Å². The lowest BCUT2D eigenvalue weighted by molar-refractivity contribution is -0.138. The molecule has 0 bridgehead atoms. The Hall–Kier alpha value is -3.36. The molecule has 0 radical (unpaired) electrons. The molecule has 7 nitrogen and oxygen atoms in total. The van der Waals surface area contributed by atoms with Crippen LogP contribution in [0.4, 0.5) is 0 Å². The molecule has 170 valence electrons. The normalized spacial score (nSPS) is 11.7. The van der Waals surface area contributed by atoms with Crippen LogP contribution in [0, 0.1) is 0 Å². The van der Waals surface area contributed by atoms with Crippen molar-refractivity contribution in [1.82, 2.24) is 15.0 Å². The lowest BCUT2D eigenvalue weighted by atomic mass is 10.2.